The lowest BCUT2D eigenvalue weighted by molar-refractivity contribution is -0.137. The summed E-state index contributed by atoms with van der Waals surface area (Å²) in [4.78, 5) is 24.3. The maximum Gasteiger partial charge on any atom is 0.405 e. The monoisotopic (exact) mass is 416 g/mol. The van der Waals surface area contributed by atoms with Crippen LogP contribution in [0.3, 0.4) is 0 Å². The summed E-state index contributed by atoms with van der Waals surface area (Å²) in [5.41, 5.74) is 1.31. The third-order valence-corrected chi connectivity index (χ3v) is 4.67. The van der Waals surface area contributed by atoms with Gasteiger partial charge in [-0.15, -0.1) is 11.8 Å². The molecule has 4 nitrogen and oxygen atoms in total. The number of thioether (sulfide) groups is 1. The number of hydrogen-bond acceptors (Lipinski definition) is 3. The van der Waals surface area contributed by atoms with Gasteiger partial charge >= 0.3 is 6.18 Å². The van der Waals surface area contributed by atoms with Crippen molar-refractivity contribution in [3.05, 3.63) is 64.7 Å². The van der Waals surface area contributed by atoms with Crippen LogP contribution < -0.4 is 10.6 Å². The summed E-state index contributed by atoms with van der Waals surface area (Å²) in [6.07, 6.45) is -4.49. The van der Waals surface area contributed by atoms with Gasteiger partial charge in [-0.2, -0.15) is 13.2 Å². The van der Waals surface area contributed by atoms with E-state index in [1.807, 2.05) is 24.3 Å². The van der Waals surface area contributed by atoms with Crippen LogP contribution in [0.5, 0.6) is 0 Å². The van der Waals surface area contributed by atoms with Crippen LogP contribution in [-0.2, 0) is 10.5 Å². The molecule has 0 aromatic heterocycles. The molecule has 0 radical (unpaired) electrons. The fourth-order valence-electron chi connectivity index (χ4n) is 1.97. The fourth-order valence-corrected chi connectivity index (χ4v) is 2.95. The van der Waals surface area contributed by atoms with Crippen LogP contribution in [0.25, 0.3) is 0 Å². The van der Waals surface area contributed by atoms with Crippen LogP contribution in [0.4, 0.5) is 13.2 Å². The molecule has 2 aromatic carbocycles. The number of carbonyl (C=O) groups excluding carboxylic acids is 2. The lowest BCUT2D eigenvalue weighted by Crippen LogP contribution is -2.40. The molecule has 0 unspecified atom stereocenters. The maximum absolute atomic E-state index is 12.0. The van der Waals surface area contributed by atoms with E-state index in [2.05, 4.69) is 5.32 Å². The molecule has 0 saturated carbocycles. The first-order valence-electron chi connectivity index (χ1n) is 7.82. The van der Waals surface area contributed by atoms with E-state index in [0.29, 0.717) is 16.3 Å². The number of hydrogen-bond donors (Lipinski definition) is 2. The van der Waals surface area contributed by atoms with E-state index in [0.717, 1.165) is 10.5 Å². The standard InChI is InChI=1S/C18H16ClF3N2O2S/c19-14-5-7-15(8-6-14)27-10-12-1-3-13(4-2-12)17(26)23-9-16(25)24-11-18(20,21)22/h1-8H,9-11H2,(H,23,26)(H,24,25). The second-order valence-electron chi connectivity index (χ2n) is 5.51. The molecule has 0 aliphatic carbocycles. The molecule has 9 heteroatoms. The number of amides is 2. The van der Waals surface area contributed by atoms with Gasteiger partial charge in [0.2, 0.25) is 5.91 Å². The first-order chi connectivity index (χ1) is 12.7. The quantitative estimate of drug-likeness (QED) is 0.670. The zero-order chi connectivity index (χ0) is 19.9. The van der Waals surface area contributed by atoms with Crippen LogP contribution in [0, 0.1) is 0 Å². The smallest absolute Gasteiger partial charge is 0.345 e. The summed E-state index contributed by atoms with van der Waals surface area (Å²) >= 11 is 7.45. The van der Waals surface area contributed by atoms with Crippen molar-refractivity contribution in [3.63, 3.8) is 0 Å². The maximum atomic E-state index is 12.0. The summed E-state index contributed by atoms with van der Waals surface area (Å²) in [5.74, 6) is -0.741. The fraction of sp³-hybridized carbons (Fsp3) is 0.222. The van der Waals surface area contributed by atoms with Gasteiger partial charge in [0.05, 0.1) is 6.54 Å². The van der Waals surface area contributed by atoms with Crippen LogP contribution in [0.15, 0.2) is 53.4 Å². The summed E-state index contributed by atoms with van der Waals surface area (Å²) in [5, 5.41) is 4.63. The van der Waals surface area contributed by atoms with Crippen molar-refractivity contribution in [1.82, 2.24) is 10.6 Å². The minimum atomic E-state index is -4.49. The number of halogens is 4. The number of alkyl halides is 3. The number of rotatable bonds is 7. The molecule has 0 atom stereocenters. The number of carbonyl (C=O) groups is 2. The van der Waals surface area contributed by atoms with Crippen LogP contribution in [0.2, 0.25) is 5.02 Å². The Kier molecular flexibility index (Phi) is 7.55. The second-order valence-corrected chi connectivity index (χ2v) is 7.00. The van der Waals surface area contributed by atoms with Crippen molar-refractivity contribution in [2.24, 2.45) is 0 Å². The summed E-state index contributed by atoms with van der Waals surface area (Å²) in [6, 6.07) is 14.2. The zero-order valence-corrected chi connectivity index (χ0v) is 15.5. The molecule has 0 saturated heterocycles. The van der Waals surface area contributed by atoms with Gasteiger partial charge in [-0.05, 0) is 42.0 Å². The minimum absolute atomic E-state index is 0.318. The largest absolute Gasteiger partial charge is 0.405 e. The van der Waals surface area contributed by atoms with E-state index in [1.165, 1.54) is 0 Å². The highest BCUT2D eigenvalue weighted by Crippen LogP contribution is 2.24. The Bertz CT molecular complexity index is 781. The Morgan fingerprint density at radius 3 is 2.19 bits per heavy atom. The molecule has 0 aliphatic rings. The Balaban J connectivity index is 1.79. The SMILES string of the molecule is O=C(CNC(=O)c1ccc(CSc2ccc(Cl)cc2)cc1)NCC(F)(F)F. The van der Waals surface area contributed by atoms with Crippen LogP contribution >= 0.6 is 23.4 Å². The molecule has 2 rings (SSSR count). The van der Waals surface area contributed by atoms with Crippen molar-refractivity contribution >= 4 is 35.2 Å². The van der Waals surface area contributed by atoms with Gasteiger partial charge in [-0.1, -0.05) is 23.7 Å². The van der Waals surface area contributed by atoms with Crippen LogP contribution in [0.1, 0.15) is 15.9 Å². The van der Waals surface area contributed by atoms with Gasteiger partial charge in [-0.25, -0.2) is 0 Å². The normalized spacial score (nSPS) is 11.1. The van der Waals surface area contributed by atoms with Crippen LogP contribution in [-0.4, -0.2) is 31.1 Å². The Hall–Kier alpha value is -2.19. The Morgan fingerprint density at radius 2 is 1.59 bits per heavy atom. The van der Waals surface area contributed by atoms with E-state index in [-0.39, 0.29) is 0 Å². The summed E-state index contributed by atoms with van der Waals surface area (Å²) in [6.45, 7) is -1.95. The van der Waals surface area contributed by atoms with Gasteiger partial charge in [0, 0.05) is 21.2 Å². The van der Waals surface area contributed by atoms with E-state index in [9.17, 15) is 22.8 Å². The molecule has 0 aliphatic heterocycles. The van der Waals surface area contributed by atoms with Crippen molar-refractivity contribution in [1.29, 1.82) is 0 Å². The topological polar surface area (TPSA) is 58.2 Å². The van der Waals surface area contributed by atoms with E-state index < -0.39 is 31.1 Å². The molecule has 0 heterocycles. The number of nitrogens with one attached hydrogen (secondary N) is 2. The molecular weight excluding hydrogens is 401 g/mol. The summed E-state index contributed by atoms with van der Waals surface area (Å²) < 4.78 is 36.0. The lowest BCUT2D eigenvalue weighted by Gasteiger charge is -2.09. The Morgan fingerprint density at radius 1 is 0.963 bits per heavy atom. The summed E-state index contributed by atoms with van der Waals surface area (Å²) in [7, 11) is 0. The van der Waals surface area contributed by atoms with Gasteiger partial charge < -0.3 is 10.6 Å². The predicted molar refractivity (Wildman–Crippen MR) is 98.9 cm³/mol. The molecular formula is C18H16ClF3N2O2S. The van der Waals surface area contributed by atoms with Gasteiger partial charge in [-0.3, -0.25) is 9.59 Å². The van der Waals surface area contributed by atoms with Gasteiger partial charge in [0.25, 0.3) is 5.91 Å². The average Bonchev–Trinajstić information content (AvgIpc) is 2.64. The van der Waals surface area contributed by atoms with E-state index in [4.69, 9.17) is 11.6 Å². The molecule has 2 aromatic rings. The molecule has 0 bridgehead atoms. The van der Waals surface area contributed by atoms with Crippen molar-refractivity contribution in [2.75, 3.05) is 13.1 Å². The third kappa shape index (κ3) is 7.92. The van der Waals surface area contributed by atoms with E-state index in [1.54, 1.807) is 41.3 Å². The molecule has 0 spiro atoms. The Labute approximate surface area is 163 Å². The third-order valence-electron chi connectivity index (χ3n) is 3.33. The van der Waals surface area contributed by atoms with Crippen molar-refractivity contribution in [3.8, 4) is 0 Å². The van der Waals surface area contributed by atoms with Crippen molar-refractivity contribution < 1.29 is 22.8 Å². The molecule has 2 N–H and O–H groups in total. The van der Waals surface area contributed by atoms with Gasteiger partial charge in [0.15, 0.2) is 0 Å². The molecule has 2 amide bonds. The first-order valence-corrected chi connectivity index (χ1v) is 9.18. The number of benzene rings is 2. The minimum Gasteiger partial charge on any atom is -0.345 e. The predicted octanol–water partition coefficient (Wildman–Crippen LogP) is 4.04. The first kappa shape index (κ1) is 21.1. The zero-order valence-electron chi connectivity index (χ0n) is 14.0. The second kappa shape index (κ2) is 9.66. The van der Waals surface area contributed by atoms with E-state index >= 15 is 0 Å². The lowest BCUT2D eigenvalue weighted by atomic mass is 10.1. The molecule has 144 valence electrons. The average molecular weight is 417 g/mol. The van der Waals surface area contributed by atoms with Crippen molar-refractivity contribution in [2.45, 2.75) is 16.8 Å². The highest BCUT2D eigenvalue weighted by Gasteiger charge is 2.27. The van der Waals surface area contributed by atoms with Gasteiger partial charge in [0.1, 0.15) is 6.54 Å². The highest BCUT2D eigenvalue weighted by atomic mass is 35.5. The molecule has 0 fully saturated rings. The molecule has 27 heavy (non-hydrogen) atoms. The highest BCUT2D eigenvalue weighted by molar-refractivity contribution is 7.98.